The summed E-state index contributed by atoms with van der Waals surface area (Å²) in [6.07, 6.45) is 6.83. The van der Waals surface area contributed by atoms with Crippen LogP contribution in [0.3, 0.4) is 0 Å². The van der Waals surface area contributed by atoms with Crippen molar-refractivity contribution in [2.45, 2.75) is 56.1 Å². The Bertz CT molecular complexity index is 383. The molecule has 18 heavy (non-hydrogen) atoms. The third-order valence-electron chi connectivity index (χ3n) is 4.50. The van der Waals surface area contributed by atoms with Crippen LogP contribution < -0.4 is 5.32 Å². The van der Waals surface area contributed by atoms with Gasteiger partial charge in [-0.05, 0) is 24.8 Å². The van der Waals surface area contributed by atoms with Crippen molar-refractivity contribution in [2.24, 2.45) is 0 Å². The molecule has 0 amide bonds. The molecule has 1 aromatic rings. The molecule has 2 heteroatoms. The molecular weight excluding hydrogens is 222 g/mol. The molecule has 2 N–H and O–H groups in total. The van der Waals surface area contributed by atoms with E-state index in [1.54, 1.807) is 0 Å². The molecule has 2 aliphatic carbocycles. The summed E-state index contributed by atoms with van der Waals surface area (Å²) >= 11 is 0. The molecule has 0 bridgehead atoms. The Hall–Kier alpha value is -0.860. The van der Waals surface area contributed by atoms with Crippen molar-refractivity contribution < 1.29 is 5.11 Å². The zero-order valence-corrected chi connectivity index (χ0v) is 10.9. The number of hydrogen-bond donors (Lipinski definition) is 2. The quantitative estimate of drug-likeness (QED) is 0.855. The summed E-state index contributed by atoms with van der Waals surface area (Å²) in [6.45, 7) is 0.779. The second-order valence-electron chi connectivity index (χ2n) is 6.03. The van der Waals surface area contributed by atoms with Crippen LogP contribution in [-0.4, -0.2) is 23.3 Å². The van der Waals surface area contributed by atoms with Gasteiger partial charge in [-0.3, -0.25) is 0 Å². The van der Waals surface area contributed by atoms with Gasteiger partial charge in [0, 0.05) is 18.5 Å². The van der Waals surface area contributed by atoms with E-state index in [0.29, 0.717) is 12.0 Å². The summed E-state index contributed by atoms with van der Waals surface area (Å²) in [6, 6.07) is 11.3. The maximum absolute atomic E-state index is 10.4. The van der Waals surface area contributed by atoms with E-state index in [4.69, 9.17) is 0 Å². The van der Waals surface area contributed by atoms with Crippen LogP contribution in [0.5, 0.6) is 0 Å². The molecule has 2 saturated carbocycles. The molecule has 0 aliphatic heterocycles. The summed E-state index contributed by atoms with van der Waals surface area (Å²) in [5.74, 6) is 0.665. The lowest BCUT2D eigenvalue weighted by atomic mass is 9.85. The molecule has 2 unspecified atom stereocenters. The van der Waals surface area contributed by atoms with E-state index >= 15 is 0 Å². The van der Waals surface area contributed by atoms with Gasteiger partial charge in [0.1, 0.15) is 0 Å². The monoisotopic (exact) mass is 245 g/mol. The minimum Gasteiger partial charge on any atom is -0.389 e. The summed E-state index contributed by atoms with van der Waals surface area (Å²) < 4.78 is 0. The highest BCUT2D eigenvalue weighted by atomic mass is 16.3. The predicted molar refractivity (Wildman–Crippen MR) is 73.6 cm³/mol. The summed E-state index contributed by atoms with van der Waals surface area (Å²) in [5, 5.41) is 14.0. The SMILES string of the molecule is OC1(CNC2CC2c2ccccc2)CCCCC1. The Morgan fingerprint density at radius 3 is 2.56 bits per heavy atom. The highest BCUT2D eigenvalue weighted by Gasteiger charge is 2.39. The number of hydrogen-bond acceptors (Lipinski definition) is 2. The smallest absolute Gasteiger partial charge is 0.0771 e. The molecule has 0 radical (unpaired) electrons. The van der Waals surface area contributed by atoms with Crippen molar-refractivity contribution in [2.75, 3.05) is 6.54 Å². The summed E-state index contributed by atoms with van der Waals surface area (Å²) in [7, 11) is 0. The second kappa shape index (κ2) is 5.02. The lowest BCUT2D eigenvalue weighted by Crippen LogP contribution is -2.43. The molecule has 0 spiro atoms. The summed E-state index contributed by atoms with van der Waals surface area (Å²) in [4.78, 5) is 0. The zero-order valence-electron chi connectivity index (χ0n) is 10.9. The van der Waals surface area contributed by atoms with E-state index in [2.05, 4.69) is 35.6 Å². The first-order chi connectivity index (χ1) is 8.77. The van der Waals surface area contributed by atoms with Crippen molar-refractivity contribution in [1.82, 2.24) is 5.32 Å². The normalized spacial score (nSPS) is 30.1. The molecular formula is C16H23NO. The van der Waals surface area contributed by atoms with E-state index in [1.807, 2.05) is 0 Å². The van der Waals surface area contributed by atoms with Gasteiger partial charge in [0.25, 0.3) is 0 Å². The van der Waals surface area contributed by atoms with Gasteiger partial charge >= 0.3 is 0 Å². The van der Waals surface area contributed by atoms with Gasteiger partial charge in [0.2, 0.25) is 0 Å². The Morgan fingerprint density at radius 2 is 1.83 bits per heavy atom. The Labute approximate surface area is 109 Å². The number of nitrogens with one attached hydrogen (secondary N) is 1. The molecule has 1 aromatic carbocycles. The first-order valence-electron chi connectivity index (χ1n) is 7.28. The fourth-order valence-corrected chi connectivity index (χ4v) is 3.20. The van der Waals surface area contributed by atoms with Crippen LogP contribution in [0.15, 0.2) is 30.3 Å². The molecule has 0 heterocycles. The molecule has 98 valence electrons. The minimum atomic E-state index is -0.428. The zero-order chi connectivity index (χ0) is 12.4. The maximum Gasteiger partial charge on any atom is 0.0771 e. The van der Waals surface area contributed by atoms with Gasteiger partial charge in [-0.15, -0.1) is 0 Å². The first-order valence-corrected chi connectivity index (χ1v) is 7.28. The van der Waals surface area contributed by atoms with Crippen molar-refractivity contribution in [3.05, 3.63) is 35.9 Å². The van der Waals surface area contributed by atoms with Crippen LogP contribution >= 0.6 is 0 Å². The molecule has 2 fully saturated rings. The largest absolute Gasteiger partial charge is 0.389 e. The molecule has 0 saturated heterocycles. The van der Waals surface area contributed by atoms with E-state index in [-0.39, 0.29) is 0 Å². The standard InChI is InChI=1S/C16H23NO/c18-16(9-5-2-6-10-16)12-17-15-11-14(15)13-7-3-1-4-8-13/h1,3-4,7-8,14-15,17-18H,2,5-6,9-12H2. The first kappa shape index (κ1) is 12.2. The summed E-state index contributed by atoms with van der Waals surface area (Å²) in [5.41, 5.74) is 1.01. The molecule has 2 nitrogen and oxygen atoms in total. The molecule has 3 rings (SSSR count). The lowest BCUT2D eigenvalue weighted by molar-refractivity contribution is 0.00453. The van der Waals surface area contributed by atoms with Crippen LogP contribution in [-0.2, 0) is 0 Å². The van der Waals surface area contributed by atoms with Gasteiger partial charge < -0.3 is 10.4 Å². The molecule has 2 atom stereocenters. The predicted octanol–water partition coefficient (Wildman–Crippen LogP) is 2.83. The van der Waals surface area contributed by atoms with Crippen molar-refractivity contribution in [1.29, 1.82) is 0 Å². The second-order valence-corrected chi connectivity index (χ2v) is 6.03. The van der Waals surface area contributed by atoms with E-state index in [1.165, 1.54) is 31.2 Å². The van der Waals surface area contributed by atoms with Crippen molar-refractivity contribution >= 4 is 0 Å². The highest BCUT2D eigenvalue weighted by Crippen LogP contribution is 2.41. The van der Waals surface area contributed by atoms with Crippen molar-refractivity contribution in [3.63, 3.8) is 0 Å². The molecule has 2 aliphatic rings. The van der Waals surface area contributed by atoms with Gasteiger partial charge in [0.15, 0.2) is 0 Å². The third kappa shape index (κ3) is 2.76. The fraction of sp³-hybridized carbons (Fsp3) is 0.625. The van der Waals surface area contributed by atoms with Crippen LogP contribution in [0.1, 0.15) is 50.0 Å². The van der Waals surface area contributed by atoms with Gasteiger partial charge in [-0.1, -0.05) is 49.6 Å². The fourth-order valence-electron chi connectivity index (χ4n) is 3.20. The average Bonchev–Trinajstić information content (AvgIpc) is 3.18. The van der Waals surface area contributed by atoms with Gasteiger partial charge in [-0.2, -0.15) is 0 Å². The Balaban J connectivity index is 1.48. The van der Waals surface area contributed by atoms with Crippen LogP contribution in [0.25, 0.3) is 0 Å². The third-order valence-corrected chi connectivity index (χ3v) is 4.50. The van der Waals surface area contributed by atoms with Crippen LogP contribution in [0.4, 0.5) is 0 Å². The lowest BCUT2D eigenvalue weighted by Gasteiger charge is -2.32. The highest BCUT2D eigenvalue weighted by molar-refractivity contribution is 5.27. The van der Waals surface area contributed by atoms with Crippen molar-refractivity contribution in [3.8, 4) is 0 Å². The topological polar surface area (TPSA) is 32.3 Å². The van der Waals surface area contributed by atoms with Gasteiger partial charge in [0.05, 0.1) is 5.60 Å². The van der Waals surface area contributed by atoms with E-state index < -0.39 is 5.60 Å². The van der Waals surface area contributed by atoms with E-state index in [0.717, 1.165) is 19.4 Å². The Morgan fingerprint density at radius 1 is 1.11 bits per heavy atom. The van der Waals surface area contributed by atoms with Gasteiger partial charge in [-0.25, -0.2) is 0 Å². The van der Waals surface area contributed by atoms with Crippen LogP contribution in [0.2, 0.25) is 0 Å². The number of aliphatic hydroxyl groups is 1. The molecule has 0 aromatic heterocycles. The maximum atomic E-state index is 10.4. The Kier molecular flexibility index (Phi) is 3.40. The minimum absolute atomic E-state index is 0.428. The van der Waals surface area contributed by atoms with Crippen LogP contribution in [0, 0.1) is 0 Å². The van der Waals surface area contributed by atoms with E-state index in [9.17, 15) is 5.11 Å². The number of benzene rings is 1. The average molecular weight is 245 g/mol. The number of rotatable bonds is 4.